The monoisotopic (exact) mass is 280 g/mol. The molecule has 0 fully saturated rings. The summed E-state index contributed by atoms with van der Waals surface area (Å²) in [6.45, 7) is 7.48. The van der Waals surface area contributed by atoms with Crippen molar-refractivity contribution in [3.63, 3.8) is 0 Å². The van der Waals surface area contributed by atoms with Gasteiger partial charge in [-0.25, -0.2) is 4.79 Å². The van der Waals surface area contributed by atoms with Crippen molar-refractivity contribution in [1.29, 1.82) is 0 Å². The number of hydrogen-bond donors (Lipinski definition) is 1. The van der Waals surface area contributed by atoms with E-state index < -0.39 is 5.60 Å². The quantitative estimate of drug-likeness (QED) is 0.921. The van der Waals surface area contributed by atoms with Crippen molar-refractivity contribution in [3.05, 3.63) is 29.6 Å². The smallest absolute Gasteiger partial charge is 0.410 e. The number of ether oxygens (including phenoxy) is 1. The van der Waals surface area contributed by atoms with Crippen LogP contribution in [0, 0.1) is 0 Å². The van der Waals surface area contributed by atoms with E-state index in [1.807, 2.05) is 39.8 Å². The Hall–Kier alpha value is -1.62. The lowest BCUT2D eigenvalue weighted by Crippen LogP contribution is -2.36. The number of carbonyl (C=O) groups is 1. The minimum absolute atomic E-state index is 0.0357. The molecule has 1 amide bonds. The fourth-order valence-corrected chi connectivity index (χ4v) is 1.87. The maximum Gasteiger partial charge on any atom is 0.410 e. The SMILES string of the molecule is CCC(c1ccc(CO)cn1)N(C)C(=O)OC(C)(C)C. The predicted molar refractivity (Wildman–Crippen MR) is 77.2 cm³/mol. The molecule has 1 rings (SSSR count). The van der Waals surface area contributed by atoms with Gasteiger partial charge in [0.25, 0.3) is 0 Å². The normalized spacial score (nSPS) is 12.9. The van der Waals surface area contributed by atoms with Crippen LogP contribution in [0.25, 0.3) is 0 Å². The molecule has 0 aliphatic rings. The minimum atomic E-state index is -0.516. The van der Waals surface area contributed by atoms with Gasteiger partial charge in [0.15, 0.2) is 0 Å². The largest absolute Gasteiger partial charge is 0.444 e. The van der Waals surface area contributed by atoms with E-state index in [1.165, 1.54) is 0 Å². The van der Waals surface area contributed by atoms with Gasteiger partial charge in [-0.3, -0.25) is 4.98 Å². The lowest BCUT2D eigenvalue weighted by molar-refractivity contribution is 0.0212. The molecule has 0 saturated carbocycles. The van der Waals surface area contributed by atoms with Crippen molar-refractivity contribution in [2.24, 2.45) is 0 Å². The van der Waals surface area contributed by atoms with Crippen molar-refractivity contribution >= 4 is 6.09 Å². The molecule has 5 nitrogen and oxygen atoms in total. The van der Waals surface area contributed by atoms with Gasteiger partial charge in [-0.15, -0.1) is 0 Å². The first-order chi connectivity index (χ1) is 9.28. The Morgan fingerprint density at radius 2 is 2.10 bits per heavy atom. The van der Waals surface area contributed by atoms with E-state index in [9.17, 15) is 4.79 Å². The van der Waals surface area contributed by atoms with Gasteiger partial charge >= 0.3 is 6.09 Å². The molecular formula is C15H24N2O3. The molecule has 0 aromatic carbocycles. The third-order valence-electron chi connectivity index (χ3n) is 2.91. The second-order valence-electron chi connectivity index (χ2n) is 5.76. The van der Waals surface area contributed by atoms with Gasteiger partial charge in [-0.1, -0.05) is 13.0 Å². The molecule has 1 atom stereocenters. The zero-order valence-corrected chi connectivity index (χ0v) is 12.9. The van der Waals surface area contributed by atoms with E-state index >= 15 is 0 Å². The molecule has 0 saturated heterocycles. The van der Waals surface area contributed by atoms with Crippen molar-refractivity contribution in [2.45, 2.75) is 52.4 Å². The maximum atomic E-state index is 12.1. The molecule has 0 radical (unpaired) electrons. The van der Waals surface area contributed by atoms with Crippen LogP contribution in [0.3, 0.4) is 0 Å². The zero-order valence-electron chi connectivity index (χ0n) is 12.9. The van der Waals surface area contributed by atoms with E-state index in [0.29, 0.717) is 0 Å². The van der Waals surface area contributed by atoms with Gasteiger partial charge in [0.05, 0.1) is 18.3 Å². The second-order valence-corrected chi connectivity index (χ2v) is 5.76. The number of rotatable bonds is 4. The van der Waals surface area contributed by atoms with E-state index in [1.54, 1.807) is 18.1 Å². The first kappa shape index (κ1) is 16.4. The highest BCUT2D eigenvalue weighted by Crippen LogP contribution is 2.23. The molecule has 1 heterocycles. The third kappa shape index (κ3) is 4.49. The Morgan fingerprint density at radius 3 is 2.50 bits per heavy atom. The van der Waals surface area contributed by atoms with Gasteiger partial charge in [-0.05, 0) is 38.8 Å². The van der Waals surface area contributed by atoms with E-state index in [4.69, 9.17) is 9.84 Å². The number of carbonyl (C=O) groups excluding carboxylic acids is 1. The first-order valence-corrected chi connectivity index (χ1v) is 6.80. The maximum absolute atomic E-state index is 12.1. The van der Waals surface area contributed by atoms with Crippen LogP contribution in [0.4, 0.5) is 4.79 Å². The summed E-state index contributed by atoms with van der Waals surface area (Å²) in [5.74, 6) is 0. The van der Waals surface area contributed by atoms with Crippen molar-refractivity contribution in [2.75, 3.05) is 7.05 Å². The number of hydrogen-bond acceptors (Lipinski definition) is 4. The summed E-state index contributed by atoms with van der Waals surface area (Å²) in [7, 11) is 1.71. The van der Waals surface area contributed by atoms with E-state index in [0.717, 1.165) is 17.7 Å². The Bertz CT molecular complexity index is 437. The Balaban J connectivity index is 2.85. The topological polar surface area (TPSA) is 62.7 Å². The number of pyridine rings is 1. The molecule has 1 aromatic heterocycles. The summed E-state index contributed by atoms with van der Waals surface area (Å²) in [5.41, 5.74) is 1.03. The van der Waals surface area contributed by atoms with Crippen LogP contribution in [0.2, 0.25) is 0 Å². The van der Waals surface area contributed by atoms with Gasteiger partial charge in [-0.2, -0.15) is 0 Å². The number of aliphatic hydroxyl groups is 1. The van der Waals surface area contributed by atoms with Gasteiger partial charge < -0.3 is 14.7 Å². The molecule has 1 aromatic rings. The second kappa shape index (κ2) is 6.70. The van der Waals surface area contributed by atoms with E-state index in [2.05, 4.69) is 4.98 Å². The standard InChI is InChI=1S/C15H24N2O3/c1-6-13(12-8-7-11(10-18)9-16-12)17(5)14(19)20-15(2,3)4/h7-9,13,18H,6,10H2,1-5H3. The van der Waals surface area contributed by atoms with E-state index in [-0.39, 0.29) is 18.7 Å². The fourth-order valence-electron chi connectivity index (χ4n) is 1.87. The summed E-state index contributed by atoms with van der Waals surface area (Å²) in [6, 6.07) is 3.51. The summed E-state index contributed by atoms with van der Waals surface area (Å²) < 4.78 is 5.37. The molecule has 1 N–H and O–H groups in total. The number of nitrogens with zero attached hydrogens (tertiary/aromatic N) is 2. The van der Waals surface area contributed by atoms with Crippen molar-refractivity contribution < 1.29 is 14.6 Å². The van der Waals surface area contributed by atoms with Crippen LogP contribution in [-0.4, -0.2) is 33.7 Å². The number of aromatic nitrogens is 1. The highest BCUT2D eigenvalue weighted by Gasteiger charge is 2.26. The molecule has 0 aliphatic carbocycles. The van der Waals surface area contributed by atoms with Crippen LogP contribution in [0.15, 0.2) is 18.3 Å². The minimum Gasteiger partial charge on any atom is -0.444 e. The van der Waals surface area contributed by atoms with Gasteiger partial charge in [0.1, 0.15) is 5.60 Å². The summed E-state index contributed by atoms with van der Waals surface area (Å²) in [6.07, 6.45) is 2.00. The molecule has 0 bridgehead atoms. The third-order valence-corrected chi connectivity index (χ3v) is 2.91. The Kier molecular flexibility index (Phi) is 5.51. The van der Waals surface area contributed by atoms with Crippen molar-refractivity contribution in [1.82, 2.24) is 9.88 Å². The molecule has 1 unspecified atom stereocenters. The summed E-state index contributed by atoms with van der Waals surface area (Å²) >= 11 is 0. The first-order valence-electron chi connectivity index (χ1n) is 6.80. The van der Waals surface area contributed by atoms with Crippen LogP contribution in [-0.2, 0) is 11.3 Å². The lowest BCUT2D eigenvalue weighted by Gasteiger charge is -2.30. The summed E-state index contributed by atoms with van der Waals surface area (Å²) in [4.78, 5) is 18.0. The highest BCUT2D eigenvalue weighted by atomic mass is 16.6. The average molecular weight is 280 g/mol. The summed E-state index contributed by atoms with van der Waals surface area (Å²) in [5, 5.41) is 9.02. The van der Waals surface area contributed by atoms with Crippen LogP contribution >= 0.6 is 0 Å². The average Bonchev–Trinajstić information content (AvgIpc) is 2.38. The predicted octanol–water partition coefficient (Wildman–Crippen LogP) is 2.89. The number of amides is 1. The molecule has 112 valence electrons. The lowest BCUT2D eigenvalue weighted by atomic mass is 10.1. The molecule has 20 heavy (non-hydrogen) atoms. The molecule has 0 aliphatic heterocycles. The molecular weight excluding hydrogens is 256 g/mol. The van der Waals surface area contributed by atoms with Crippen LogP contribution in [0.1, 0.15) is 51.4 Å². The van der Waals surface area contributed by atoms with Crippen LogP contribution in [0.5, 0.6) is 0 Å². The van der Waals surface area contributed by atoms with Crippen LogP contribution < -0.4 is 0 Å². The van der Waals surface area contributed by atoms with Crippen molar-refractivity contribution in [3.8, 4) is 0 Å². The highest BCUT2D eigenvalue weighted by molar-refractivity contribution is 5.68. The van der Waals surface area contributed by atoms with Gasteiger partial charge in [0, 0.05) is 13.2 Å². The van der Waals surface area contributed by atoms with Gasteiger partial charge in [0.2, 0.25) is 0 Å². The zero-order chi connectivity index (χ0) is 15.3. The Morgan fingerprint density at radius 1 is 1.45 bits per heavy atom. The number of aliphatic hydroxyl groups excluding tert-OH is 1. The molecule has 5 heteroatoms. The fraction of sp³-hybridized carbons (Fsp3) is 0.600. The molecule has 0 spiro atoms. The Labute approximate surface area is 120 Å².